The fraction of sp³-hybridized carbons (Fsp3) is 0.462. The van der Waals surface area contributed by atoms with E-state index >= 15 is 0 Å². The van der Waals surface area contributed by atoms with Crippen molar-refractivity contribution in [3.05, 3.63) is 28.2 Å². The molecule has 0 aliphatic carbocycles. The van der Waals surface area contributed by atoms with E-state index in [2.05, 4.69) is 20.8 Å². The molecule has 0 spiro atoms. The van der Waals surface area contributed by atoms with Crippen LogP contribution in [0.3, 0.4) is 0 Å². The molecule has 0 saturated carbocycles. The van der Waals surface area contributed by atoms with Gasteiger partial charge in [-0.15, -0.1) is 0 Å². The lowest BCUT2D eigenvalue weighted by Crippen LogP contribution is -2.36. The molecule has 1 atom stereocenters. The fourth-order valence-corrected chi connectivity index (χ4v) is 2.83. The van der Waals surface area contributed by atoms with Crippen molar-refractivity contribution in [3.8, 4) is 0 Å². The first-order valence-electron chi connectivity index (χ1n) is 6.18. The van der Waals surface area contributed by atoms with Gasteiger partial charge in [-0.1, -0.05) is 6.07 Å². The van der Waals surface area contributed by atoms with E-state index in [9.17, 15) is 4.79 Å². The highest BCUT2D eigenvalue weighted by Crippen LogP contribution is 2.30. The first-order valence-corrected chi connectivity index (χ1v) is 6.98. The van der Waals surface area contributed by atoms with E-state index < -0.39 is 11.9 Å². The van der Waals surface area contributed by atoms with Crippen LogP contribution in [0.25, 0.3) is 0 Å². The van der Waals surface area contributed by atoms with Crippen LogP contribution in [-0.4, -0.2) is 43.9 Å². The zero-order chi connectivity index (χ0) is 13.8. The molecule has 2 rings (SSSR count). The van der Waals surface area contributed by atoms with Gasteiger partial charge in [0.25, 0.3) is 0 Å². The summed E-state index contributed by atoms with van der Waals surface area (Å²) in [4.78, 5) is 13.3. The average molecular weight is 329 g/mol. The molecule has 6 heteroatoms. The van der Waals surface area contributed by atoms with Crippen LogP contribution in [0.1, 0.15) is 11.5 Å². The number of morpholine rings is 1. The minimum atomic E-state index is -0.895. The SMILES string of the molecule is NCC(C(=O)O)c1ccc(N2CCOCC2)c(Br)c1. The van der Waals surface area contributed by atoms with Gasteiger partial charge in [0.1, 0.15) is 0 Å². The Balaban J connectivity index is 2.23. The van der Waals surface area contributed by atoms with Crippen LogP contribution in [-0.2, 0) is 9.53 Å². The first kappa shape index (κ1) is 14.3. The van der Waals surface area contributed by atoms with Gasteiger partial charge in [-0.25, -0.2) is 0 Å². The van der Waals surface area contributed by atoms with E-state index in [-0.39, 0.29) is 6.54 Å². The molecule has 19 heavy (non-hydrogen) atoms. The lowest BCUT2D eigenvalue weighted by Gasteiger charge is -2.30. The molecule has 1 aliphatic rings. The number of nitrogens with two attached hydrogens (primary N) is 1. The van der Waals surface area contributed by atoms with Gasteiger partial charge in [-0.05, 0) is 33.6 Å². The van der Waals surface area contributed by atoms with E-state index in [1.807, 2.05) is 18.2 Å². The zero-order valence-corrected chi connectivity index (χ0v) is 12.1. The van der Waals surface area contributed by atoms with Gasteiger partial charge in [0, 0.05) is 24.1 Å². The maximum Gasteiger partial charge on any atom is 0.312 e. The zero-order valence-electron chi connectivity index (χ0n) is 10.5. The number of carbonyl (C=O) groups is 1. The smallest absolute Gasteiger partial charge is 0.312 e. The van der Waals surface area contributed by atoms with E-state index in [0.717, 1.165) is 42.0 Å². The van der Waals surface area contributed by atoms with Crippen molar-refractivity contribution in [1.82, 2.24) is 0 Å². The monoisotopic (exact) mass is 328 g/mol. The number of halogens is 1. The normalized spacial score (nSPS) is 17.3. The molecule has 1 aromatic rings. The second-order valence-electron chi connectivity index (χ2n) is 4.44. The molecule has 0 bridgehead atoms. The predicted molar refractivity (Wildman–Crippen MR) is 76.6 cm³/mol. The molecule has 1 unspecified atom stereocenters. The van der Waals surface area contributed by atoms with Gasteiger partial charge in [-0.2, -0.15) is 0 Å². The number of hydrogen-bond donors (Lipinski definition) is 2. The summed E-state index contributed by atoms with van der Waals surface area (Å²) in [6, 6.07) is 5.62. The van der Waals surface area contributed by atoms with Crippen LogP contribution in [0, 0.1) is 0 Å². The highest BCUT2D eigenvalue weighted by molar-refractivity contribution is 9.10. The maximum absolute atomic E-state index is 11.1. The fourth-order valence-electron chi connectivity index (χ4n) is 2.18. The molecular weight excluding hydrogens is 312 g/mol. The van der Waals surface area contributed by atoms with Gasteiger partial charge < -0.3 is 20.5 Å². The number of ether oxygens (including phenoxy) is 1. The molecule has 0 aromatic heterocycles. The van der Waals surface area contributed by atoms with Crippen LogP contribution in [0.5, 0.6) is 0 Å². The molecule has 0 amide bonds. The summed E-state index contributed by atoms with van der Waals surface area (Å²) in [5, 5.41) is 9.11. The molecule has 104 valence electrons. The summed E-state index contributed by atoms with van der Waals surface area (Å²) in [6.07, 6.45) is 0. The van der Waals surface area contributed by atoms with Gasteiger partial charge in [0.05, 0.1) is 24.8 Å². The summed E-state index contributed by atoms with van der Waals surface area (Å²) >= 11 is 3.51. The van der Waals surface area contributed by atoms with Crippen molar-refractivity contribution >= 4 is 27.6 Å². The van der Waals surface area contributed by atoms with Gasteiger partial charge in [0.2, 0.25) is 0 Å². The molecular formula is C13H17BrN2O3. The third-order valence-corrected chi connectivity index (χ3v) is 3.89. The van der Waals surface area contributed by atoms with E-state index in [1.165, 1.54) is 0 Å². The minimum absolute atomic E-state index is 0.0959. The lowest BCUT2D eigenvalue weighted by molar-refractivity contribution is -0.138. The topological polar surface area (TPSA) is 75.8 Å². The van der Waals surface area contributed by atoms with Gasteiger partial charge in [0.15, 0.2) is 0 Å². The third-order valence-electron chi connectivity index (χ3n) is 3.26. The molecule has 1 saturated heterocycles. The molecule has 1 heterocycles. The first-order chi connectivity index (χ1) is 9.13. The average Bonchev–Trinajstić information content (AvgIpc) is 2.40. The van der Waals surface area contributed by atoms with E-state index in [4.69, 9.17) is 15.6 Å². The number of hydrogen-bond acceptors (Lipinski definition) is 4. The van der Waals surface area contributed by atoms with Gasteiger partial charge >= 0.3 is 5.97 Å². The number of anilines is 1. The van der Waals surface area contributed by atoms with Crippen LogP contribution in [0.15, 0.2) is 22.7 Å². The Morgan fingerprint density at radius 3 is 2.68 bits per heavy atom. The molecule has 1 aliphatic heterocycles. The minimum Gasteiger partial charge on any atom is -0.481 e. The Morgan fingerprint density at radius 1 is 1.47 bits per heavy atom. The largest absolute Gasteiger partial charge is 0.481 e. The van der Waals surface area contributed by atoms with Crippen molar-refractivity contribution in [2.24, 2.45) is 5.73 Å². The van der Waals surface area contributed by atoms with Crippen molar-refractivity contribution in [3.63, 3.8) is 0 Å². The summed E-state index contributed by atoms with van der Waals surface area (Å²) < 4.78 is 6.22. The second-order valence-corrected chi connectivity index (χ2v) is 5.29. The highest BCUT2D eigenvalue weighted by Gasteiger charge is 2.20. The molecule has 1 fully saturated rings. The van der Waals surface area contributed by atoms with Crippen molar-refractivity contribution in [1.29, 1.82) is 0 Å². The lowest BCUT2D eigenvalue weighted by atomic mass is 9.99. The molecule has 0 radical (unpaired) electrons. The van der Waals surface area contributed by atoms with Crippen LogP contribution >= 0.6 is 15.9 Å². The number of nitrogens with zero attached hydrogens (tertiary/aromatic N) is 1. The Bertz CT molecular complexity index is 461. The number of aliphatic carboxylic acids is 1. The maximum atomic E-state index is 11.1. The Labute approximate surface area is 120 Å². The Hall–Kier alpha value is -1.11. The second kappa shape index (κ2) is 6.36. The summed E-state index contributed by atoms with van der Waals surface area (Å²) in [7, 11) is 0. The van der Waals surface area contributed by atoms with E-state index in [0.29, 0.717) is 0 Å². The molecule has 1 aromatic carbocycles. The third kappa shape index (κ3) is 3.26. The van der Waals surface area contributed by atoms with Gasteiger partial charge in [-0.3, -0.25) is 4.79 Å². The standard InChI is InChI=1S/C13H17BrN2O3/c14-11-7-9(10(8-15)13(17)18)1-2-12(11)16-3-5-19-6-4-16/h1-2,7,10H,3-6,8,15H2,(H,17,18). The predicted octanol–water partition coefficient (Wildman–Crippen LogP) is 1.41. The van der Waals surface area contributed by atoms with Crippen LogP contribution < -0.4 is 10.6 Å². The quantitative estimate of drug-likeness (QED) is 0.874. The number of carboxylic acids is 1. The number of rotatable bonds is 4. The van der Waals surface area contributed by atoms with E-state index in [1.54, 1.807) is 0 Å². The van der Waals surface area contributed by atoms with Crippen molar-refractivity contribution in [2.45, 2.75) is 5.92 Å². The Kier molecular flexibility index (Phi) is 4.79. The highest BCUT2D eigenvalue weighted by atomic mass is 79.9. The van der Waals surface area contributed by atoms with Crippen LogP contribution in [0.4, 0.5) is 5.69 Å². The number of carboxylic acid groups (broad SMARTS) is 1. The molecule has 5 nitrogen and oxygen atoms in total. The summed E-state index contributed by atoms with van der Waals surface area (Å²) in [5.41, 5.74) is 7.30. The van der Waals surface area contributed by atoms with Crippen LogP contribution in [0.2, 0.25) is 0 Å². The summed E-state index contributed by atoms with van der Waals surface area (Å²) in [6.45, 7) is 3.22. The molecule has 3 N–H and O–H groups in total. The summed E-state index contributed by atoms with van der Waals surface area (Å²) in [5.74, 6) is -1.55. The van der Waals surface area contributed by atoms with Crippen molar-refractivity contribution < 1.29 is 14.6 Å². The van der Waals surface area contributed by atoms with Crippen molar-refractivity contribution in [2.75, 3.05) is 37.7 Å². The Morgan fingerprint density at radius 2 is 2.16 bits per heavy atom. The number of benzene rings is 1.